The molecule has 118 valence electrons. The standard InChI is InChI=1S/C17H23N3O2/c1-17(13-18,14-8-9-14)19-16(21)12-20(2)10-11-22-15-6-4-3-5-7-15/h3-7,14H,8-12H2,1-2H3,(H,19,21)/p+1/t17-/m0/s1. The fraction of sp³-hybridized carbons (Fsp3) is 0.529. The molecule has 1 fully saturated rings. The highest BCUT2D eigenvalue weighted by Gasteiger charge is 2.43. The minimum Gasteiger partial charge on any atom is -0.488 e. The Hall–Kier alpha value is -2.06. The van der Waals surface area contributed by atoms with Crippen LogP contribution in [0.15, 0.2) is 30.3 Å². The van der Waals surface area contributed by atoms with Gasteiger partial charge in [0.05, 0.1) is 13.1 Å². The molecule has 5 nitrogen and oxygen atoms in total. The van der Waals surface area contributed by atoms with Crippen LogP contribution in [0.3, 0.4) is 0 Å². The van der Waals surface area contributed by atoms with Crippen LogP contribution in [0.1, 0.15) is 19.8 Å². The van der Waals surface area contributed by atoms with Crippen LogP contribution in [0, 0.1) is 17.2 Å². The molecule has 0 aliphatic heterocycles. The smallest absolute Gasteiger partial charge is 0.276 e. The second-order valence-corrected chi connectivity index (χ2v) is 6.18. The first kappa shape index (κ1) is 16.3. The van der Waals surface area contributed by atoms with E-state index < -0.39 is 5.54 Å². The topological polar surface area (TPSA) is 66.6 Å². The molecule has 0 aromatic heterocycles. The van der Waals surface area contributed by atoms with Crippen molar-refractivity contribution in [2.45, 2.75) is 25.3 Å². The van der Waals surface area contributed by atoms with Crippen molar-refractivity contribution >= 4 is 5.91 Å². The molecule has 0 heterocycles. The first-order valence-corrected chi connectivity index (χ1v) is 7.75. The number of likely N-dealkylation sites (N-methyl/N-ethyl adjacent to an activating group) is 1. The third kappa shape index (κ3) is 4.74. The SMILES string of the molecule is C[NH+](CCOc1ccccc1)CC(=O)N[C@@](C)(C#N)C1CC1. The molecular weight excluding hydrogens is 278 g/mol. The lowest BCUT2D eigenvalue weighted by Crippen LogP contribution is -3.11. The average Bonchev–Trinajstić information content (AvgIpc) is 3.33. The predicted molar refractivity (Wildman–Crippen MR) is 83.4 cm³/mol. The highest BCUT2D eigenvalue weighted by Crippen LogP contribution is 2.39. The number of para-hydroxylation sites is 1. The summed E-state index contributed by atoms with van der Waals surface area (Å²) < 4.78 is 5.62. The number of carbonyl (C=O) groups excluding carboxylic acids is 1. The third-order valence-electron chi connectivity index (χ3n) is 4.03. The van der Waals surface area contributed by atoms with Gasteiger partial charge in [0, 0.05) is 0 Å². The van der Waals surface area contributed by atoms with E-state index in [1.165, 1.54) is 0 Å². The largest absolute Gasteiger partial charge is 0.488 e. The normalized spacial score (nSPS) is 17.9. The maximum Gasteiger partial charge on any atom is 0.276 e. The second kappa shape index (κ2) is 7.28. The van der Waals surface area contributed by atoms with Gasteiger partial charge in [0.2, 0.25) is 0 Å². The van der Waals surface area contributed by atoms with Gasteiger partial charge in [-0.3, -0.25) is 4.79 Å². The Balaban J connectivity index is 1.69. The van der Waals surface area contributed by atoms with E-state index in [0.717, 1.165) is 30.0 Å². The van der Waals surface area contributed by atoms with E-state index >= 15 is 0 Å². The fourth-order valence-corrected chi connectivity index (χ4v) is 2.44. The Morgan fingerprint density at radius 1 is 1.45 bits per heavy atom. The Morgan fingerprint density at radius 3 is 2.73 bits per heavy atom. The Labute approximate surface area is 131 Å². The maximum absolute atomic E-state index is 12.1. The summed E-state index contributed by atoms with van der Waals surface area (Å²) in [5, 5.41) is 12.1. The molecular formula is C17H24N3O2+. The van der Waals surface area contributed by atoms with Crippen LogP contribution >= 0.6 is 0 Å². The number of hydrogen-bond donors (Lipinski definition) is 2. The molecule has 0 spiro atoms. The number of nitrogens with zero attached hydrogens (tertiary/aromatic N) is 1. The Morgan fingerprint density at radius 2 is 2.14 bits per heavy atom. The predicted octanol–water partition coefficient (Wildman–Crippen LogP) is 0.389. The summed E-state index contributed by atoms with van der Waals surface area (Å²) >= 11 is 0. The van der Waals surface area contributed by atoms with Crippen molar-refractivity contribution in [2.75, 3.05) is 26.7 Å². The van der Waals surface area contributed by atoms with E-state index in [2.05, 4.69) is 11.4 Å². The van der Waals surface area contributed by atoms with Gasteiger partial charge in [-0.15, -0.1) is 0 Å². The first-order valence-electron chi connectivity index (χ1n) is 7.75. The highest BCUT2D eigenvalue weighted by molar-refractivity contribution is 5.78. The summed E-state index contributed by atoms with van der Waals surface area (Å²) in [6.45, 7) is 3.45. The van der Waals surface area contributed by atoms with Gasteiger partial charge in [0.1, 0.15) is 24.4 Å². The summed E-state index contributed by atoms with van der Waals surface area (Å²) in [4.78, 5) is 13.1. The second-order valence-electron chi connectivity index (χ2n) is 6.18. The van der Waals surface area contributed by atoms with Gasteiger partial charge in [-0.25, -0.2) is 0 Å². The number of hydrogen-bond acceptors (Lipinski definition) is 3. The van der Waals surface area contributed by atoms with Crippen LogP contribution in [0.2, 0.25) is 0 Å². The Kier molecular flexibility index (Phi) is 5.40. The lowest BCUT2D eigenvalue weighted by atomic mass is 9.98. The van der Waals surface area contributed by atoms with Crippen LogP contribution in [-0.2, 0) is 4.79 Å². The maximum atomic E-state index is 12.1. The molecule has 1 amide bonds. The number of ether oxygens (including phenoxy) is 1. The summed E-state index contributed by atoms with van der Waals surface area (Å²) in [5.74, 6) is 1.07. The van der Waals surface area contributed by atoms with Gasteiger partial charge in [-0.05, 0) is 37.8 Å². The van der Waals surface area contributed by atoms with E-state index in [9.17, 15) is 10.1 Å². The number of nitrogens with one attached hydrogen (secondary N) is 2. The number of quaternary nitrogens is 1. The zero-order chi connectivity index (χ0) is 16.0. The van der Waals surface area contributed by atoms with E-state index in [4.69, 9.17) is 4.74 Å². The molecule has 1 unspecified atom stereocenters. The van der Waals surface area contributed by atoms with Crippen molar-refractivity contribution in [1.82, 2.24) is 5.32 Å². The van der Waals surface area contributed by atoms with Crippen LogP contribution < -0.4 is 15.0 Å². The number of amides is 1. The molecule has 2 rings (SSSR count). The molecule has 1 aliphatic rings. The van der Waals surface area contributed by atoms with Crippen molar-refractivity contribution in [3.05, 3.63) is 30.3 Å². The third-order valence-corrected chi connectivity index (χ3v) is 4.03. The van der Waals surface area contributed by atoms with E-state index in [1.807, 2.05) is 44.3 Å². The van der Waals surface area contributed by atoms with Gasteiger partial charge >= 0.3 is 0 Å². The molecule has 22 heavy (non-hydrogen) atoms. The lowest BCUT2D eigenvalue weighted by molar-refractivity contribution is -0.871. The van der Waals surface area contributed by atoms with E-state index in [1.54, 1.807) is 0 Å². The van der Waals surface area contributed by atoms with Crippen LogP contribution in [0.25, 0.3) is 0 Å². The summed E-state index contributed by atoms with van der Waals surface area (Å²) in [6, 6.07) is 11.9. The lowest BCUT2D eigenvalue weighted by Gasteiger charge is -2.23. The molecule has 1 saturated carbocycles. The van der Waals surface area contributed by atoms with Gasteiger partial charge < -0.3 is 15.0 Å². The van der Waals surface area contributed by atoms with Gasteiger partial charge in [0.25, 0.3) is 5.91 Å². The highest BCUT2D eigenvalue weighted by atomic mass is 16.5. The molecule has 0 saturated heterocycles. The molecule has 2 atom stereocenters. The van der Waals surface area contributed by atoms with Crippen LogP contribution in [-0.4, -0.2) is 38.2 Å². The molecule has 1 aromatic rings. The van der Waals surface area contributed by atoms with Gasteiger partial charge in [-0.1, -0.05) is 18.2 Å². The van der Waals surface area contributed by atoms with E-state index in [0.29, 0.717) is 19.1 Å². The molecule has 1 aliphatic carbocycles. The van der Waals surface area contributed by atoms with Gasteiger partial charge in [-0.2, -0.15) is 5.26 Å². The summed E-state index contributed by atoms with van der Waals surface area (Å²) in [6.07, 6.45) is 2.05. The average molecular weight is 302 g/mol. The van der Waals surface area contributed by atoms with Crippen molar-refractivity contribution < 1.29 is 14.4 Å². The minimum atomic E-state index is -0.710. The van der Waals surface area contributed by atoms with Crippen molar-refractivity contribution in [3.63, 3.8) is 0 Å². The number of benzene rings is 1. The minimum absolute atomic E-state index is 0.0758. The molecule has 5 heteroatoms. The summed E-state index contributed by atoms with van der Waals surface area (Å²) in [7, 11) is 1.95. The molecule has 1 aromatic carbocycles. The van der Waals surface area contributed by atoms with Crippen molar-refractivity contribution in [3.8, 4) is 11.8 Å². The van der Waals surface area contributed by atoms with Gasteiger partial charge in [0.15, 0.2) is 6.54 Å². The first-order chi connectivity index (χ1) is 10.5. The number of rotatable bonds is 8. The van der Waals surface area contributed by atoms with Crippen molar-refractivity contribution in [1.29, 1.82) is 5.26 Å². The Bertz CT molecular complexity index is 537. The molecule has 0 radical (unpaired) electrons. The van der Waals surface area contributed by atoms with Crippen molar-refractivity contribution in [2.24, 2.45) is 5.92 Å². The monoisotopic (exact) mass is 302 g/mol. The zero-order valence-electron chi connectivity index (χ0n) is 13.3. The number of carbonyl (C=O) groups is 1. The summed E-state index contributed by atoms with van der Waals surface area (Å²) in [5.41, 5.74) is -0.710. The number of nitriles is 1. The quantitative estimate of drug-likeness (QED) is 0.730. The molecule has 2 N–H and O–H groups in total. The van der Waals surface area contributed by atoms with Crippen LogP contribution in [0.4, 0.5) is 0 Å². The fourth-order valence-electron chi connectivity index (χ4n) is 2.44. The van der Waals surface area contributed by atoms with E-state index in [-0.39, 0.29) is 5.91 Å². The van der Waals surface area contributed by atoms with Crippen LogP contribution in [0.5, 0.6) is 5.75 Å². The molecule has 0 bridgehead atoms. The zero-order valence-corrected chi connectivity index (χ0v) is 13.3.